The molecule has 1 aromatic rings. The fourth-order valence-electron chi connectivity index (χ4n) is 0.965. The highest BCUT2D eigenvalue weighted by Crippen LogP contribution is 1.97. The third-order valence-electron chi connectivity index (χ3n) is 1.57. The molecule has 6 nitrogen and oxygen atoms in total. The molecule has 0 bridgehead atoms. The van der Waals surface area contributed by atoms with Crippen molar-refractivity contribution in [3.63, 3.8) is 0 Å². The van der Waals surface area contributed by atoms with Gasteiger partial charge in [-0.2, -0.15) is 0 Å². The van der Waals surface area contributed by atoms with E-state index in [4.69, 9.17) is 5.11 Å². The molecule has 1 rings (SSSR count). The van der Waals surface area contributed by atoms with Crippen molar-refractivity contribution < 1.29 is 9.90 Å². The third kappa shape index (κ3) is 2.19. The topological polar surface area (TPSA) is 103 Å². The third-order valence-corrected chi connectivity index (χ3v) is 1.57. The van der Waals surface area contributed by atoms with Crippen LogP contribution in [0.15, 0.2) is 15.7 Å². The summed E-state index contributed by atoms with van der Waals surface area (Å²) in [4.78, 5) is 36.4. The number of aromatic amines is 2. The molecular weight excluding hydrogens is 188 g/mol. The molecule has 0 unspecified atom stereocenters. The number of aliphatic carboxylic acids is 1. The van der Waals surface area contributed by atoms with Crippen molar-refractivity contribution in [2.24, 2.45) is 0 Å². The fraction of sp³-hybridized carbons (Fsp3) is 0.125. The van der Waals surface area contributed by atoms with Gasteiger partial charge in [-0.05, 0) is 13.0 Å². The van der Waals surface area contributed by atoms with Crippen LogP contribution in [-0.4, -0.2) is 21.0 Å². The summed E-state index contributed by atoms with van der Waals surface area (Å²) >= 11 is 0. The van der Waals surface area contributed by atoms with E-state index in [2.05, 4.69) is 4.98 Å². The lowest BCUT2D eigenvalue weighted by Gasteiger charge is -1.96. The zero-order valence-corrected chi connectivity index (χ0v) is 7.33. The van der Waals surface area contributed by atoms with E-state index in [1.807, 2.05) is 4.98 Å². The van der Waals surface area contributed by atoms with Crippen LogP contribution in [0.25, 0.3) is 6.08 Å². The van der Waals surface area contributed by atoms with Crippen molar-refractivity contribution in [3.05, 3.63) is 38.2 Å². The van der Waals surface area contributed by atoms with E-state index in [0.29, 0.717) is 5.69 Å². The van der Waals surface area contributed by atoms with Gasteiger partial charge in [-0.1, -0.05) is 0 Å². The number of carbonyl (C=O) groups is 1. The minimum absolute atomic E-state index is 0.131. The SMILES string of the molecule is Cc1[nH]c(=O)[nH]c(=O)c1/C=C\C(=O)O. The molecule has 0 aliphatic heterocycles. The van der Waals surface area contributed by atoms with E-state index in [0.717, 1.165) is 12.2 Å². The average molecular weight is 196 g/mol. The first-order valence-corrected chi connectivity index (χ1v) is 3.75. The molecule has 1 heterocycles. The summed E-state index contributed by atoms with van der Waals surface area (Å²) in [6.45, 7) is 1.51. The number of hydrogen-bond acceptors (Lipinski definition) is 3. The highest BCUT2D eigenvalue weighted by molar-refractivity contribution is 5.85. The fourth-order valence-corrected chi connectivity index (χ4v) is 0.965. The number of H-pyrrole nitrogens is 2. The van der Waals surface area contributed by atoms with Gasteiger partial charge in [-0.25, -0.2) is 9.59 Å². The number of rotatable bonds is 2. The van der Waals surface area contributed by atoms with Crippen LogP contribution in [0.3, 0.4) is 0 Å². The van der Waals surface area contributed by atoms with E-state index >= 15 is 0 Å². The van der Waals surface area contributed by atoms with Gasteiger partial charge >= 0.3 is 11.7 Å². The Bertz CT molecular complexity index is 495. The summed E-state index contributed by atoms with van der Waals surface area (Å²) in [5, 5.41) is 8.34. The van der Waals surface area contributed by atoms with Crippen LogP contribution < -0.4 is 11.2 Å². The summed E-state index contributed by atoms with van der Waals surface area (Å²) in [5.41, 5.74) is -0.757. The molecule has 0 aliphatic rings. The average Bonchev–Trinajstić information content (AvgIpc) is 2.01. The van der Waals surface area contributed by atoms with Crippen molar-refractivity contribution in [2.75, 3.05) is 0 Å². The molecule has 0 fully saturated rings. The maximum Gasteiger partial charge on any atom is 0.328 e. The molecule has 0 saturated carbocycles. The molecule has 0 saturated heterocycles. The minimum atomic E-state index is -1.16. The van der Waals surface area contributed by atoms with Crippen LogP contribution in [0, 0.1) is 6.92 Å². The molecule has 74 valence electrons. The van der Waals surface area contributed by atoms with Crippen LogP contribution in [0.1, 0.15) is 11.3 Å². The summed E-state index contributed by atoms with van der Waals surface area (Å²) < 4.78 is 0. The van der Waals surface area contributed by atoms with Crippen LogP contribution in [-0.2, 0) is 4.79 Å². The van der Waals surface area contributed by atoms with Gasteiger partial charge in [0.15, 0.2) is 0 Å². The molecule has 0 atom stereocenters. The highest BCUT2D eigenvalue weighted by atomic mass is 16.4. The summed E-state index contributed by atoms with van der Waals surface area (Å²) in [5.74, 6) is -1.16. The van der Waals surface area contributed by atoms with Crippen LogP contribution in [0.5, 0.6) is 0 Å². The monoisotopic (exact) mass is 196 g/mol. The van der Waals surface area contributed by atoms with E-state index in [9.17, 15) is 14.4 Å². The lowest BCUT2D eigenvalue weighted by molar-refractivity contribution is -0.131. The molecule has 1 aromatic heterocycles. The van der Waals surface area contributed by atoms with Gasteiger partial charge in [0.25, 0.3) is 5.56 Å². The molecule has 0 radical (unpaired) electrons. The summed E-state index contributed by atoms with van der Waals surface area (Å²) in [6.07, 6.45) is 1.96. The molecule has 0 amide bonds. The van der Waals surface area contributed by atoms with Gasteiger partial charge in [0.05, 0.1) is 5.56 Å². The Balaban J connectivity index is 3.29. The normalized spacial score (nSPS) is 10.6. The Labute approximate surface area is 77.9 Å². The molecular formula is C8H8N2O4. The first-order valence-electron chi connectivity index (χ1n) is 3.75. The Morgan fingerprint density at radius 1 is 1.36 bits per heavy atom. The zero-order chi connectivity index (χ0) is 10.7. The van der Waals surface area contributed by atoms with Crippen LogP contribution in [0.2, 0.25) is 0 Å². The van der Waals surface area contributed by atoms with E-state index in [1.165, 1.54) is 6.92 Å². The van der Waals surface area contributed by atoms with Crippen LogP contribution >= 0.6 is 0 Å². The van der Waals surface area contributed by atoms with Gasteiger partial charge in [-0.15, -0.1) is 0 Å². The predicted molar refractivity (Wildman–Crippen MR) is 49.1 cm³/mol. The number of aryl methyl sites for hydroxylation is 1. The largest absolute Gasteiger partial charge is 0.478 e. The quantitative estimate of drug-likeness (QED) is 0.553. The minimum Gasteiger partial charge on any atom is -0.478 e. The maximum atomic E-state index is 11.2. The second-order valence-electron chi connectivity index (χ2n) is 2.62. The predicted octanol–water partition coefficient (Wildman–Crippen LogP) is -0.531. The first kappa shape index (κ1) is 9.97. The molecule has 14 heavy (non-hydrogen) atoms. The number of nitrogens with one attached hydrogen (secondary N) is 2. The van der Waals surface area contributed by atoms with E-state index < -0.39 is 17.2 Å². The standard InChI is InChI=1S/C8H8N2O4/c1-4-5(2-3-6(11)12)7(13)10-8(14)9-4/h2-3H,1H3,(H,11,12)(H2,9,10,13,14)/b3-2-. The van der Waals surface area contributed by atoms with Gasteiger partial charge in [0, 0.05) is 11.8 Å². The lowest BCUT2D eigenvalue weighted by atomic mass is 10.2. The van der Waals surface area contributed by atoms with Crippen LogP contribution in [0.4, 0.5) is 0 Å². The molecule has 6 heteroatoms. The maximum absolute atomic E-state index is 11.2. The Morgan fingerprint density at radius 3 is 2.50 bits per heavy atom. The van der Waals surface area contributed by atoms with Crippen molar-refractivity contribution >= 4 is 12.0 Å². The number of carboxylic acids is 1. The molecule has 0 aromatic carbocycles. The number of aromatic nitrogens is 2. The second-order valence-corrected chi connectivity index (χ2v) is 2.62. The number of hydrogen-bond donors (Lipinski definition) is 3. The molecule has 0 aliphatic carbocycles. The molecule has 3 N–H and O–H groups in total. The van der Waals surface area contributed by atoms with Gasteiger partial charge in [0.2, 0.25) is 0 Å². The second kappa shape index (κ2) is 3.73. The summed E-state index contributed by atoms with van der Waals surface area (Å²) in [7, 11) is 0. The van der Waals surface area contributed by atoms with Gasteiger partial charge in [0.1, 0.15) is 0 Å². The first-order chi connectivity index (χ1) is 6.50. The zero-order valence-electron chi connectivity index (χ0n) is 7.33. The van der Waals surface area contributed by atoms with E-state index in [-0.39, 0.29) is 5.56 Å². The van der Waals surface area contributed by atoms with Gasteiger partial charge in [-0.3, -0.25) is 9.78 Å². The Morgan fingerprint density at radius 2 is 2.00 bits per heavy atom. The Kier molecular flexibility index (Phi) is 2.66. The number of carboxylic acid groups (broad SMARTS) is 1. The Hall–Kier alpha value is -2.11. The van der Waals surface area contributed by atoms with Crippen molar-refractivity contribution in [1.29, 1.82) is 0 Å². The van der Waals surface area contributed by atoms with Crippen molar-refractivity contribution in [1.82, 2.24) is 9.97 Å². The smallest absolute Gasteiger partial charge is 0.328 e. The van der Waals surface area contributed by atoms with Crippen molar-refractivity contribution in [2.45, 2.75) is 6.92 Å². The van der Waals surface area contributed by atoms with Gasteiger partial charge < -0.3 is 10.1 Å². The lowest BCUT2D eigenvalue weighted by Crippen LogP contribution is -2.25. The highest BCUT2D eigenvalue weighted by Gasteiger charge is 2.01. The van der Waals surface area contributed by atoms with Crippen molar-refractivity contribution in [3.8, 4) is 0 Å². The van der Waals surface area contributed by atoms with E-state index in [1.54, 1.807) is 0 Å². The molecule has 0 spiro atoms. The summed E-state index contributed by atoms with van der Waals surface area (Å²) in [6, 6.07) is 0.